The lowest BCUT2D eigenvalue weighted by Gasteiger charge is -2.15. The van der Waals surface area contributed by atoms with Gasteiger partial charge in [0.25, 0.3) is 0 Å². The van der Waals surface area contributed by atoms with Crippen LogP contribution in [-0.2, 0) is 10.0 Å². The van der Waals surface area contributed by atoms with Crippen LogP contribution in [0.1, 0.15) is 24.5 Å². The molecule has 0 radical (unpaired) electrons. The Morgan fingerprint density at radius 3 is 2.56 bits per heavy atom. The lowest BCUT2D eigenvalue weighted by molar-refractivity contribution is 0.174. The fraction of sp³-hybridized carbons (Fsp3) is 0.500. The molecule has 0 heterocycles. The van der Waals surface area contributed by atoms with E-state index in [1.165, 1.54) is 0 Å². The Kier molecular flexibility index (Phi) is 4.72. The van der Waals surface area contributed by atoms with Crippen LogP contribution in [0.15, 0.2) is 17.0 Å². The van der Waals surface area contributed by atoms with Crippen molar-refractivity contribution in [2.75, 3.05) is 12.3 Å². The van der Waals surface area contributed by atoms with E-state index < -0.39 is 16.1 Å². The van der Waals surface area contributed by atoms with E-state index in [2.05, 4.69) is 4.72 Å². The van der Waals surface area contributed by atoms with E-state index in [1.807, 2.05) is 0 Å². The molecule has 0 spiro atoms. The summed E-state index contributed by atoms with van der Waals surface area (Å²) in [5.74, 6) is 0. The third-order valence-corrected chi connectivity index (χ3v) is 4.61. The zero-order chi connectivity index (χ0) is 13.9. The molecular weight excluding hydrogens is 252 g/mol. The van der Waals surface area contributed by atoms with Crippen molar-refractivity contribution in [3.8, 4) is 0 Å². The second-order valence-electron chi connectivity index (χ2n) is 4.34. The molecule has 1 unspecified atom stereocenters. The molecule has 1 atom stereocenters. The number of sulfonamides is 1. The van der Waals surface area contributed by atoms with Crippen LogP contribution in [0.4, 0.5) is 5.69 Å². The molecule has 0 fully saturated rings. The lowest BCUT2D eigenvalue weighted by atomic mass is 10.1. The van der Waals surface area contributed by atoms with Crippen molar-refractivity contribution in [1.29, 1.82) is 0 Å². The molecule has 0 aliphatic rings. The average molecular weight is 272 g/mol. The molecule has 1 rings (SSSR count). The second kappa shape index (κ2) is 5.69. The van der Waals surface area contributed by atoms with Gasteiger partial charge >= 0.3 is 0 Å². The van der Waals surface area contributed by atoms with Crippen molar-refractivity contribution < 1.29 is 13.5 Å². The first-order valence-electron chi connectivity index (χ1n) is 5.83. The van der Waals surface area contributed by atoms with Gasteiger partial charge < -0.3 is 10.8 Å². The van der Waals surface area contributed by atoms with Gasteiger partial charge in [-0.05, 0) is 37.5 Å². The Balaban J connectivity index is 3.09. The van der Waals surface area contributed by atoms with Crippen molar-refractivity contribution in [1.82, 2.24) is 4.72 Å². The normalized spacial score (nSPS) is 13.6. The zero-order valence-corrected chi connectivity index (χ0v) is 11.7. The second-order valence-corrected chi connectivity index (χ2v) is 6.04. The molecule has 0 bridgehead atoms. The van der Waals surface area contributed by atoms with Gasteiger partial charge in [0.15, 0.2) is 0 Å². The summed E-state index contributed by atoms with van der Waals surface area (Å²) < 4.78 is 26.7. The largest absolute Gasteiger partial charge is 0.398 e. The number of anilines is 1. The fourth-order valence-electron chi connectivity index (χ4n) is 1.68. The van der Waals surface area contributed by atoms with Gasteiger partial charge in [0, 0.05) is 12.2 Å². The van der Waals surface area contributed by atoms with Crippen LogP contribution < -0.4 is 10.5 Å². The van der Waals surface area contributed by atoms with Gasteiger partial charge in [-0.25, -0.2) is 13.1 Å². The predicted molar refractivity (Wildman–Crippen MR) is 71.8 cm³/mol. The van der Waals surface area contributed by atoms with Crippen molar-refractivity contribution in [3.63, 3.8) is 0 Å². The Morgan fingerprint density at radius 2 is 2.00 bits per heavy atom. The number of aliphatic hydroxyl groups excluding tert-OH is 1. The van der Waals surface area contributed by atoms with Crippen molar-refractivity contribution >= 4 is 15.7 Å². The van der Waals surface area contributed by atoms with E-state index >= 15 is 0 Å². The third-order valence-electron chi connectivity index (χ3n) is 2.89. The number of aliphatic hydroxyl groups is 1. The highest BCUT2D eigenvalue weighted by Gasteiger charge is 2.21. The highest BCUT2D eigenvalue weighted by molar-refractivity contribution is 7.89. The number of aryl methyl sites for hydroxylation is 1. The maximum absolute atomic E-state index is 12.2. The first-order valence-corrected chi connectivity index (χ1v) is 7.31. The molecule has 4 N–H and O–H groups in total. The van der Waals surface area contributed by atoms with Gasteiger partial charge in [0.2, 0.25) is 10.0 Å². The number of nitrogen functional groups attached to an aromatic ring is 1. The van der Waals surface area contributed by atoms with Crippen LogP contribution in [-0.4, -0.2) is 26.2 Å². The molecule has 0 saturated carbocycles. The summed E-state index contributed by atoms with van der Waals surface area (Å²) in [7, 11) is -3.64. The summed E-state index contributed by atoms with van der Waals surface area (Å²) >= 11 is 0. The third kappa shape index (κ3) is 3.22. The Labute approximate surface area is 108 Å². The minimum absolute atomic E-state index is 0.00646. The summed E-state index contributed by atoms with van der Waals surface area (Å²) in [6.07, 6.45) is -0.182. The minimum atomic E-state index is -3.64. The fourth-order valence-corrected chi connectivity index (χ4v) is 3.25. The van der Waals surface area contributed by atoms with Crippen LogP contribution in [0.2, 0.25) is 0 Å². The molecule has 0 amide bonds. The van der Waals surface area contributed by atoms with Gasteiger partial charge in [-0.15, -0.1) is 0 Å². The standard InChI is InChI=1S/C12H20N2O3S/c1-4-10(15)7-14-18(16,17)12-8(2)5-6-11(13)9(12)3/h5-6,10,14-15H,4,7,13H2,1-3H3. The van der Waals surface area contributed by atoms with E-state index in [0.29, 0.717) is 23.2 Å². The molecule has 6 heteroatoms. The average Bonchev–Trinajstić information content (AvgIpc) is 2.31. The zero-order valence-electron chi connectivity index (χ0n) is 10.9. The van der Waals surface area contributed by atoms with E-state index in [-0.39, 0.29) is 11.4 Å². The maximum atomic E-state index is 12.2. The smallest absolute Gasteiger partial charge is 0.241 e. The summed E-state index contributed by atoms with van der Waals surface area (Å²) in [6.45, 7) is 5.19. The number of rotatable bonds is 5. The summed E-state index contributed by atoms with van der Waals surface area (Å²) in [5, 5.41) is 9.41. The van der Waals surface area contributed by atoms with Crippen LogP contribution >= 0.6 is 0 Å². The molecule has 5 nitrogen and oxygen atoms in total. The molecule has 18 heavy (non-hydrogen) atoms. The van der Waals surface area contributed by atoms with E-state index in [9.17, 15) is 13.5 Å². The van der Waals surface area contributed by atoms with Crippen LogP contribution in [0.3, 0.4) is 0 Å². The van der Waals surface area contributed by atoms with Gasteiger partial charge in [-0.3, -0.25) is 0 Å². The van der Waals surface area contributed by atoms with Gasteiger partial charge in [-0.1, -0.05) is 13.0 Å². The molecule has 1 aromatic carbocycles. The number of nitrogens with one attached hydrogen (secondary N) is 1. The summed E-state index contributed by atoms with van der Waals surface area (Å²) in [4.78, 5) is 0.200. The molecule has 102 valence electrons. The Bertz CT molecular complexity index is 526. The molecule has 0 saturated heterocycles. The van der Waals surface area contributed by atoms with Crippen molar-refractivity contribution in [3.05, 3.63) is 23.3 Å². The van der Waals surface area contributed by atoms with Crippen molar-refractivity contribution in [2.24, 2.45) is 0 Å². The highest BCUT2D eigenvalue weighted by Crippen LogP contribution is 2.24. The van der Waals surface area contributed by atoms with Crippen molar-refractivity contribution in [2.45, 2.75) is 38.2 Å². The van der Waals surface area contributed by atoms with Crippen LogP contribution in [0, 0.1) is 13.8 Å². The van der Waals surface area contributed by atoms with Gasteiger partial charge in [0.1, 0.15) is 0 Å². The van der Waals surface area contributed by atoms with E-state index in [4.69, 9.17) is 5.73 Å². The highest BCUT2D eigenvalue weighted by atomic mass is 32.2. The number of hydrogen-bond donors (Lipinski definition) is 3. The summed E-state index contributed by atoms with van der Waals surface area (Å²) in [6, 6.07) is 3.36. The van der Waals surface area contributed by atoms with E-state index in [0.717, 1.165) is 0 Å². The molecule has 0 aromatic heterocycles. The topological polar surface area (TPSA) is 92.4 Å². The summed E-state index contributed by atoms with van der Waals surface area (Å²) in [5.41, 5.74) is 7.34. The first kappa shape index (κ1) is 14.9. The first-order chi connectivity index (χ1) is 8.29. The molecular formula is C12H20N2O3S. The maximum Gasteiger partial charge on any atom is 0.241 e. The Hall–Kier alpha value is -1.11. The number of hydrogen-bond acceptors (Lipinski definition) is 4. The number of nitrogens with two attached hydrogens (primary N) is 1. The molecule has 0 aliphatic heterocycles. The minimum Gasteiger partial charge on any atom is -0.398 e. The quantitative estimate of drug-likeness (QED) is 0.695. The number of benzene rings is 1. The predicted octanol–water partition coefficient (Wildman–Crippen LogP) is 0.935. The lowest BCUT2D eigenvalue weighted by Crippen LogP contribution is -2.32. The van der Waals surface area contributed by atoms with Crippen LogP contribution in [0.5, 0.6) is 0 Å². The SMILES string of the molecule is CCC(O)CNS(=O)(=O)c1c(C)ccc(N)c1C. The molecule has 0 aliphatic carbocycles. The monoisotopic (exact) mass is 272 g/mol. The Morgan fingerprint density at radius 1 is 1.39 bits per heavy atom. The molecule has 1 aromatic rings. The van der Waals surface area contributed by atoms with E-state index in [1.54, 1.807) is 32.9 Å². The van der Waals surface area contributed by atoms with Gasteiger partial charge in [-0.2, -0.15) is 0 Å². The van der Waals surface area contributed by atoms with Gasteiger partial charge in [0.05, 0.1) is 11.0 Å². The van der Waals surface area contributed by atoms with Crippen LogP contribution in [0.25, 0.3) is 0 Å².